The summed E-state index contributed by atoms with van der Waals surface area (Å²) in [6.07, 6.45) is 1.95. The van der Waals surface area contributed by atoms with Crippen LogP contribution >= 0.6 is 11.8 Å². The van der Waals surface area contributed by atoms with E-state index in [9.17, 15) is 8.42 Å². The second-order valence-electron chi connectivity index (χ2n) is 4.48. The van der Waals surface area contributed by atoms with Gasteiger partial charge in [0.1, 0.15) is 5.75 Å². The molecule has 0 heterocycles. The molecule has 1 atom stereocenters. The minimum absolute atomic E-state index is 0.107. The Labute approximate surface area is 125 Å². The molecule has 1 aromatic rings. The first-order valence-corrected chi connectivity index (χ1v) is 9.15. The molecule has 20 heavy (non-hydrogen) atoms. The molecule has 114 valence electrons. The van der Waals surface area contributed by atoms with Crippen LogP contribution in [0.4, 0.5) is 0 Å². The topological polar surface area (TPSA) is 67.4 Å². The lowest BCUT2D eigenvalue weighted by Crippen LogP contribution is -2.34. The van der Waals surface area contributed by atoms with E-state index >= 15 is 0 Å². The van der Waals surface area contributed by atoms with E-state index in [1.54, 1.807) is 44.1 Å². The molecule has 0 aliphatic rings. The van der Waals surface area contributed by atoms with E-state index in [-0.39, 0.29) is 10.9 Å². The van der Waals surface area contributed by atoms with Crippen LogP contribution in [0.15, 0.2) is 23.1 Å². The largest absolute Gasteiger partial charge is 0.496 e. The van der Waals surface area contributed by atoms with Gasteiger partial charge in [0.15, 0.2) is 0 Å². The molecule has 0 aliphatic heterocycles. The Kier molecular flexibility index (Phi) is 6.81. The van der Waals surface area contributed by atoms with Crippen LogP contribution in [0, 0.1) is 0 Å². The summed E-state index contributed by atoms with van der Waals surface area (Å²) in [5.41, 5.74) is 0.815. The van der Waals surface area contributed by atoms with Crippen LogP contribution in [0.1, 0.15) is 12.5 Å². The maximum absolute atomic E-state index is 12.3. The number of sulfonamides is 1. The van der Waals surface area contributed by atoms with Crippen molar-refractivity contribution in [3.05, 3.63) is 23.8 Å². The molecule has 0 amide bonds. The molecule has 0 bridgehead atoms. The van der Waals surface area contributed by atoms with Crippen molar-refractivity contribution in [2.75, 3.05) is 26.2 Å². The van der Waals surface area contributed by atoms with Crippen LogP contribution in [-0.4, -0.2) is 40.6 Å². The Balaban J connectivity index is 3.03. The highest BCUT2D eigenvalue weighted by Crippen LogP contribution is 2.22. The van der Waals surface area contributed by atoms with E-state index in [1.807, 2.05) is 13.2 Å². The van der Waals surface area contributed by atoms with Crippen molar-refractivity contribution in [1.29, 1.82) is 0 Å². The van der Waals surface area contributed by atoms with Gasteiger partial charge in [0.05, 0.1) is 12.0 Å². The summed E-state index contributed by atoms with van der Waals surface area (Å²) >= 11 is 1.61. The number of hydrogen-bond acceptors (Lipinski definition) is 5. The number of ether oxygens (including phenoxy) is 1. The molecule has 0 saturated heterocycles. The smallest absolute Gasteiger partial charge is 0.240 e. The molecule has 0 radical (unpaired) electrons. The minimum Gasteiger partial charge on any atom is -0.496 e. The number of thioether (sulfide) groups is 1. The third-order valence-electron chi connectivity index (χ3n) is 2.70. The van der Waals surface area contributed by atoms with Gasteiger partial charge < -0.3 is 10.1 Å². The van der Waals surface area contributed by atoms with Crippen LogP contribution in [-0.2, 0) is 16.6 Å². The molecule has 0 fully saturated rings. The molecule has 0 spiro atoms. The highest BCUT2D eigenvalue weighted by molar-refractivity contribution is 7.98. The second-order valence-corrected chi connectivity index (χ2v) is 7.11. The molecule has 1 aromatic carbocycles. The number of rotatable bonds is 8. The molecule has 0 aliphatic carbocycles. The zero-order valence-electron chi connectivity index (χ0n) is 12.3. The molecular formula is C13H22N2O3S2. The number of benzene rings is 1. The van der Waals surface area contributed by atoms with Gasteiger partial charge in [-0.1, -0.05) is 0 Å². The van der Waals surface area contributed by atoms with Crippen LogP contribution < -0.4 is 14.8 Å². The van der Waals surface area contributed by atoms with E-state index in [0.29, 0.717) is 12.3 Å². The number of hydrogen-bond donors (Lipinski definition) is 2. The highest BCUT2D eigenvalue weighted by atomic mass is 32.2. The van der Waals surface area contributed by atoms with Crippen molar-refractivity contribution in [2.45, 2.75) is 24.4 Å². The predicted molar refractivity (Wildman–Crippen MR) is 83.9 cm³/mol. The summed E-state index contributed by atoms with van der Waals surface area (Å²) in [4.78, 5) is 0.261. The second kappa shape index (κ2) is 7.87. The quantitative estimate of drug-likeness (QED) is 0.759. The molecule has 5 nitrogen and oxygen atoms in total. The fraction of sp³-hybridized carbons (Fsp3) is 0.538. The maximum Gasteiger partial charge on any atom is 0.240 e. The Hall–Kier alpha value is -0.760. The predicted octanol–water partition coefficient (Wildman–Crippen LogP) is 1.44. The van der Waals surface area contributed by atoms with Gasteiger partial charge in [-0.2, -0.15) is 11.8 Å². The minimum atomic E-state index is -3.49. The van der Waals surface area contributed by atoms with Crippen LogP contribution in [0.2, 0.25) is 0 Å². The van der Waals surface area contributed by atoms with E-state index < -0.39 is 10.0 Å². The summed E-state index contributed by atoms with van der Waals surface area (Å²) in [6, 6.07) is 4.78. The Morgan fingerprint density at radius 1 is 1.40 bits per heavy atom. The SMILES string of the molecule is CNCc1cc(S(=O)(=O)NC(C)CSC)ccc1OC. The van der Waals surface area contributed by atoms with Gasteiger partial charge in [0.25, 0.3) is 0 Å². The van der Waals surface area contributed by atoms with Crippen molar-refractivity contribution in [1.82, 2.24) is 10.0 Å². The van der Waals surface area contributed by atoms with E-state index in [1.165, 1.54) is 0 Å². The van der Waals surface area contributed by atoms with Crippen molar-refractivity contribution < 1.29 is 13.2 Å². The third kappa shape index (κ3) is 4.66. The number of methoxy groups -OCH3 is 1. The summed E-state index contributed by atoms with van der Waals surface area (Å²) in [6.45, 7) is 2.40. The van der Waals surface area contributed by atoms with Crippen LogP contribution in [0.5, 0.6) is 5.75 Å². The molecule has 0 saturated carbocycles. The lowest BCUT2D eigenvalue weighted by Gasteiger charge is -2.15. The summed E-state index contributed by atoms with van der Waals surface area (Å²) in [5, 5.41) is 3.00. The van der Waals surface area contributed by atoms with Gasteiger partial charge in [-0.15, -0.1) is 0 Å². The summed E-state index contributed by atoms with van der Waals surface area (Å²) in [5.74, 6) is 1.41. The van der Waals surface area contributed by atoms with Gasteiger partial charge >= 0.3 is 0 Å². The lowest BCUT2D eigenvalue weighted by molar-refractivity contribution is 0.408. The molecule has 7 heteroatoms. The Morgan fingerprint density at radius 3 is 2.65 bits per heavy atom. The average Bonchev–Trinajstić information content (AvgIpc) is 2.38. The number of nitrogens with one attached hydrogen (secondary N) is 2. The Morgan fingerprint density at radius 2 is 2.10 bits per heavy atom. The van der Waals surface area contributed by atoms with Gasteiger partial charge in [0, 0.05) is 23.9 Å². The van der Waals surface area contributed by atoms with Crippen molar-refractivity contribution in [3.8, 4) is 5.75 Å². The van der Waals surface area contributed by atoms with Gasteiger partial charge in [-0.3, -0.25) is 0 Å². The van der Waals surface area contributed by atoms with Gasteiger partial charge in [0.2, 0.25) is 10.0 Å². The molecular weight excluding hydrogens is 296 g/mol. The highest BCUT2D eigenvalue weighted by Gasteiger charge is 2.18. The zero-order valence-corrected chi connectivity index (χ0v) is 13.9. The fourth-order valence-corrected chi connectivity index (χ4v) is 3.85. The fourth-order valence-electron chi connectivity index (χ4n) is 1.87. The van der Waals surface area contributed by atoms with Gasteiger partial charge in [-0.05, 0) is 38.4 Å². The van der Waals surface area contributed by atoms with Gasteiger partial charge in [-0.25, -0.2) is 13.1 Å². The zero-order chi connectivity index (χ0) is 15.2. The van der Waals surface area contributed by atoms with Crippen molar-refractivity contribution in [2.24, 2.45) is 0 Å². The summed E-state index contributed by atoms with van der Waals surface area (Å²) in [7, 11) is -0.118. The maximum atomic E-state index is 12.3. The van der Waals surface area contributed by atoms with Crippen LogP contribution in [0.3, 0.4) is 0 Å². The third-order valence-corrected chi connectivity index (χ3v) is 5.12. The first-order chi connectivity index (χ1) is 9.44. The molecule has 1 rings (SSSR count). The van der Waals surface area contributed by atoms with E-state index in [4.69, 9.17) is 4.74 Å². The Bertz CT molecular complexity index is 532. The van der Waals surface area contributed by atoms with Crippen LogP contribution in [0.25, 0.3) is 0 Å². The molecule has 1 unspecified atom stereocenters. The monoisotopic (exact) mass is 318 g/mol. The normalized spacial score (nSPS) is 13.2. The standard InChI is InChI=1S/C13H22N2O3S2/c1-10(9-19-4)15-20(16,17)12-5-6-13(18-3)11(7-12)8-14-2/h5-7,10,14-15H,8-9H2,1-4H3. The first kappa shape index (κ1) is 17.3. The first-order valence-electron chi connectivity index (χ1n) is 6.27. The molecule has 0 aromatic heterocycles. The summed E-state index contributed by atoms with van der Waals surface area (Å²) < 4.78 is 32.5. The van der Waals surface area contributed by atoms with E-state index in [0.717, 1.165) is 11.3 Å². The lowest BCUT2D eigenvalue weighted by atomic mass is 10.2. The van der Waals surface area contributed by atoms with Crippen molar-refractivity contribution >= 4 is 21.8 Å². The van der Waals surface area contributed by atoms with E-state index in [2.05, 4.69) is 10.0 Å². The molecule has 2 N–H and O–H groups in total. The average molecular weight is 318 g/mol. The van der Waals surface area contributed by atoms with Crippen molar-refractivity contribution in [3.63, 3.8) is 0 Å².